The van der Waals surface area contributed by atoms with Gasteiger partial charge in [-0.25, -0.2) is 0 Å². The smallest absolute Gasteiger partial charge is 0.251 e. The van der Waals surface area contributed by atoms with Gasteiger partial charge in [0.25, 0.3) is 5.91 Å². The number of ether oxygens (including phenoxy) is 2. The van der Waals surface area contributed by atoms with Gasteiger partial charge in [-0.15, -0.1) is 0 Å². The molecule has 1 unspecified atom stereocenters. The summed E-state index contributed by atoms with van der Waals surface area (Å²) in [6.07, 6.45) is 3.53. The van der Waals surface area contributed by atoms with Crippen molar-refractivity contribution in [2.24, 2.45) is 0 Å². The Balaban J connectivity index is 1.57. The Kier molecular flexibility index (Phi) is 5.36. The molecule has 2 saturated heterocycles. The minimum atomic E-state index is -0.207. The Labute approximate surface area is 143 Å². The molecule has 6 heteroatoms. The molecule has 6 nitrogen and oxygen atoms in total. The maximum Gasteiger partial charge on any atom is 0.251 e. The largest absolute Gasteiger partial charge is 0.496 e. The predicted molar refractivity (Wildman–Crippen MR) is 91.1 cm³/mol. The molecule has 0 saturated carbocycles. The quantitative estimate of drug-likeness (QED) is 0.836. The molecule has 24 heavy (non-hydrogen) atoms. The van der Waals surface area contributed by atoms with Crippen molar-refractivity contribution in [2.45, 2.75) is 39.3 Å². The number of pyridine rings is 1. The summed E-state index contributed by atoms with van der Waals surface area (Å²) in [4.78, 5) is 21.3. The SMILES string of the molecule is COc1c(C)cnc(CN2CCN(C(=O)C3CCCO3)CC2)c1C. The van der Waals surface area contributed by atoms with E-state index in [1.54, 1.807) is 7.11 Å². The summed E-state index contributed by atoms with van der Waals surface area (Å²) in [5.41, 5.74) is 3.22. The van der Waals surface area contributed by atoms with Crippen LogP contribution in [0.15, 0.2) is 6.20 Å². The summed E-state index contributed by atoms with van der Waals surface area (Å²) in [7, 11) is 1.70. The standard InChI is InChI=1S/C18H27N3O3/c1-13-11-19-15(14(2)17(13)23-3)12-20-6-8-21(9-7-20)18(22)16-5-4-10-24-16/h11,16H,4-10,12H2,1-3H3. The normalized spacial score (nSPS) is 22.0. The molecule has 1 aromatic heterocycles. The van der Waals surface area contributed by atoms with Crippen LogP contribution in [0, 0.1) is 13.8 Å². The number of piperazine rings is 1. The average Bonchev–Trinajstić information content (AvgIpc) is 3.12. The summed E-state index contributed by atoms with van der Waals surface area (Å²) >= 11 is 0. The van der Waals surface area contributed by atoms with Crippen LogP contribution in [0.5, 0.6) is 5.75 Å². The van der Waals surface area contributed by atoms with Gasteiger partial charge in [0.15, 0.2) is 0 Å². The topological polar surface area (TPSA) is 54.9 Å². The van der Waals surface area contributed by atoms with Crippen LogP contribution in [0.25, 0.3) is 0 Å². The molecule has 0 radical (unpaired) electrons. The minimum absolute atomic E-state index is 0.165. The number of nitrogens with zero attached hydrogens (tertiary/aromatic N) is 3. The maximum atomic E-state index is 12.4. The fourth-order valence-corrected chi connectivity index (χ4v) is 3.54. The lowest BCUT2D eigenvalue weighted by atomic mass is 10.1. The van der Waals surface area contributed by atoms with Crippen molar-refractivity contribution in [1.82, 2.24) is 14.8 Å². The Morgan fingerprint density at radius 1 is 1.33 bits per heavy atom. The number of hydrogen-bond acceptors (Lipinski definition) is 5. The molecule has 0 N–H and O–H groups in total. The van der Waals surface area contributed by atoms with Gasteiger partial charge >= 0.3 is 0 Å². The zero-order valence-corrected chi connectivity index (χ0v) is 14.9. The van der Waals surface area contributed by atoms with E-state index in [0.29, 0.717) is 0 Å². The van der Waals surface area contributed by atoms with E-state index in [4.69, 9.17) is 9.47 Å². The fourth-order valence-electron chi connectivity index (χ4n) is 3.54. The van der Waals surface area contributed by atoms with E-state index >= 15 is 0 Å². The van der Waals surface area contributed by atoms with Crippen LogP contribution < -0.4 is 4.74 Å². The van der Waals surface area contributed by atoms with Crippen LogP contribution in [0.2, 0.25) is 0 Å². The maximum absolute atomic E-state index is 12.4. The van der Waals surface area contributed by atoms with Gasteiger partial charge in [-0.3, -0.25) is 14.7 Å². The second-order valence-corrected chi connectivity index (χ2v) is 6.65. The number of hydrogen-bond donors (Lipinski definition) is 0. The summed E-state index contributed by atoms with van der Waals surface area (Å²) in [5, 5.41) is 0. The van der Waals surface area contributed by atoms with E-state index in [-0.39, 0.29) is 12.0 Å². The summed E-state index contributed by atoms with van der Waals surface area (Å²) in [6, 6.07) is 0. The zero-order chi connectivity index (χ0) is 17.1. The number of aromatic nitrogens is 1. The molecule has 1 amide bonds. The molecule has 1 aromatic rings. The number of methoxy groups -OCH3 is 1. The van der Waals surface area contributed by atoms with Crippen LogP contribution in [0.1, 0.15) is 29.7 Å². The number of aryl methyl sites for hydroxylation is 1. The Morgan fingerprint density at radius 2 is 2.08 bits per heavy atom. The first-order valence-corrected chi connectivity index (χ1v) is 8.72. The van der Waals surface area contributed by atoms with Crippen molar-refractivity contribution < 1.29 is 14.3 Å². The summed E-state index contributed by atoms with van der Waals surface area (Å²) in [6.45, 7) is 8.86. The third kappa shape index (κ3) is 3.54. The fraction of sp³-hybridized carbons (Fsp3) is 0.667. The van der Waals surface area contributed by atoms with Crippen molar-refractivity contribution in [3.05, 3.63) is 23.0 Å². The van der Waals surface area contributed by atoms with Crippen molar-refractivity contribution in [2.75, 3.05) is 39.9 Å². The molecule has 2 aliphatic rings. The van der Waals surface area contributed by atoms with Gasteiger partial charge in [-0.2, -0.15) is 0 Å². The molecule has 0 spiro atoms. The minimum Gasteiger partial charge on any atom is -0.496 e. The third-order valence-corrected chi connectivity index (χ3v) is 5.01. The lowest BCUT2D eigenvalue weighted by Gasteiger charge is -2.35. The number of rotatable bonds is 4. The molecule has 3 rings (SSSR count). The van der Waals surface area contributed by atoms with Gasteiger partial charge in [0.2, 0.25) is 0 Å². The third-order valence-electron chi connectivity index (χ3n) is 5.01. The van der Waals surface area contributed by atoms with Crippen LogP contribution in [0.3, 0.4) is 0 Å². The van der Waals surface area contributed by atoms with Gasteiger partial charge in [0.05, 0.1) is 12.8 Å². The number of carbonyl (C=O) groups is 1. The molecule has 1 atom stereocenters. The Morgan fingerprint density at radius 3 is 2.71 bits per heavy atom. The van der Waals surface area contributed by atoms with Crippen LogP contribution in [0.4, 0.5) is 0 Å². The lowest BCUT2D eigenvalue weighted by Crippen LogP contribution is -2.51. The van der Waals surface area contributed by atoms with E-state index < -0.39 is 0 Å². The van der Waals surface area contributed by atoms with E-state index in [1.807, 2.05) is 18.0 Å². The monoisotopic (exact) mass is 333 g/mol. The van der Waals surface area contributed by atoms with Crippen LogP contribution in [-0.4, -0.2) is 66.7 Å². The van der Waals surface area contributed by atoms with Gasteiger partial charge in [-0.05, 0) is 26.7 Å². The number of amides is 1. The van der Waals surface area contributed by atoms with E-state index in [2.05, 4.69) is 16.8 Å². The van der Waals surface area contributed by atoms with Gasteiger partial charge in [0, 0.05) is 56.7 Å². The van der Waals surface area contributed by atoms with Crippen LogP contribution >= 0.6 is 0 Å². The molecule has 2 fully saturated rings. The highest BCUT2D eigenvalue weighted by Gasteiger charge is 2.30. The highest BCUT2D eigenvalue weighted by Crippen LogP contribution is 2.25. The average molecular weight is 333 g/mol. The summed E-state index contributed by atoms with van der Waals surface area (Å²) < 4.78 is 11.0. The second-order valence-electron chi connectivity index (χ2n) is 6.65. The van der Waals surface area contributed by atoms with Crippen molar-refractivity contribution in [3.8, 4) is 5.75 Å². The molecule has 0 aromatic carbocycles. The highest BCUT2D eigenvalue weighted by atomic mass is 16.5. The zero-order valence-electron chi connectivity index (χ0n) is 14.9. The molecular formula is C18H27N3O3. The molecular weight excluding hydrogens is 306 g/mol. The Bertz CT molecular complexity index is 591. The molecule has 132 valence electrons. The van der Waals surface area contributed by atoms with E-state index in [1.165, 1.54) is 0 Å². The molecule has 2 aliphatic heterocycles. The second kappa shape index (κ2) is 7.49. The first-order valence-electron chi connectivity index (χ1n) is 8.72. The molecule has 0 aliphatic carbocycles. The van der Waals surface area contributed by atoms with Crippen molar-refractivity contribution in [1.29, 1.82) is 0 Å². The predicted octanol–water partition coefficient (Wildman–Crippen LogP) is 1.53. The Hall–Kier alpha value is -1.66. The van der Waals surface area contributed by atoms with Gasteiger partial charge in [0.1, 0.15) is 11.9 Å². The lowest BCUT2D eigenvalue weighted by molar-refractivity contribution is -0.142. The van der Waals surface area contributed by atoms with Gasteiger partial charge in [-0.1, -0.05) is 0 Å². The van der Waals surface area contributed by atoms with E-state index in [0.717, 1.165) is 74.7 Å². The van der Waals surface area contributed by atoms with Crippen molar-refractivity contribution >= 4 is 5.91 Å². The summed E-state index contributed by atoms with van der Waals surface area (Å²) in [5.74, 6) is 1.09. The molecule has 0 bridgehead atoms. The van der Waals surface area contributed by atoms with Gasteiger partial charge < -0.3 is 14.4 Å². The highest BCUT2D eigenvalue weighted by molar-refractivity contribution is 5.81. The first-order chi connectivity index (χ1) is 11.6. The van der Waals surface area contributed by atoms with Crippen molar-refractivity contribution in [3.63, 3.8) is 0 Å². The first kappa shape index (κ1) is 17.2. The number of carbonyl (C=O) groups excluding carboxylic acids is 1. The van der Waals surface area contributed by atoms with E-state index in [9.17, 15) is 4.79 Å². The van der Waals surface area contributed by atoms with Crippen LogP contribution in [-0.2, 0) is 16.1 Å². The molecule has 3 heterocycles.